The Kier molecular flexibility index (Phi) is 5.36. The number of nitrogens with zero attached hydrogens (tertiary/aromatic N) is 2. The highest BCUT2D eigenvalue weighted by Gasteiger charge is 2.49. The molecule has 142 valence electrons. The zero-order valence-corrected chi connectivity index (χ0v) is 16.6. The van der Waals surface area contributed by atoms with E-state index in [1.807, 2.05) is 70.4 Å². The number of carbonyl (C=O) groups excluding carboxylic acids is 2. The Labute approximate surface area is 161 Å². The maximum atomic E-state index is 13.4. The van der Waals surface area contributed by atoms with Crippen molar-refractivity contribution in [3.63, 3.8) is 0 Å². The van der Waals surface area contributed by atoms with Crippen LogP contribution >= 0.6 is 0 Å². The first kappa shape index (κ1) is 19.2. The number of hydrogen-bond donors (Lipinski definition) is 0. The van der Waals surface area contributed by atoms with Gasteiger partial charge in [0, 0.05) is 32.2 Å². The van der Waals surface area contributed by atoms with Gasteiger partial charge in [-0.2, -0.15) is 0 Å². The number of rotatable bonds is 6. The molecule has 0 saturated carbocycles. The second kappa shape index (κ2) is 7.55. The fourth-order valence-corrected chi connectivity index (χ4v) is 3.95. The van der Waals surface area contributed by atoms with E-state index in [0.717, 1.165) is 16.8 Å². The molecule has 0 unspecified atom stereocenters. The first-order valence-corrected chi connectivity index (χ1v) is 9.54. The maximum Gasteiger partial charge on any atom is 0.237 e. The number of likely N-dealkylation sites (N-methyl/N-ethyl adjacent to an activating group) is 1. The van der Waals surface area contributed by atoms with Crippen LogP contribution in [0.15, 0.2) is 54.6 Å². The second-order valence-electron chi connectivity index (χ2n) is 7.72. The number of amides is 2. The molecule has 1 atom stereocenters. The second-order valence-corrected chi connectivity index (χ2v) is 7.72. The van der Waals surface area contributed by atoms with Crippen molar-refractivity contribution in [2.24, 2.45) is 0 Å². The van der Waals surface area contributed by atoms with Crippen LogP contribution in [0.3, 0.4) is 0 Å². The van der Waals surface area contributed by atoms with Crippen molar-refractivity contribution in [2.45, 2.75) is 44.6 Å². The topological polar surface area (TPSA) is 40.6 Å². The average molecular weight is 364 g/mol. The van der Waals surface area contributed by atoms with E-state index in [1.54, 1.807) is 9.80 Å². The van der Waals surface area contributed by atoms with Crippen molar-refractivity contribution in [1.82, 2.24) is 4.90 Å². The molecule has 0 radical (unpaired) electrons. The van der Waals surface area contributed by atoms with Gasteiger partial charge in [0.1, 0.15) is 0 Å². The number of carbonyl (C=O) groups is 2. The lowest BCUT2D eigenvalue weighted by Gasteiger charge is -2.30. The zero-order chi connectivity index (χ0) is 19.6. The van der Waals surface area contributed by atoms with Crippen molar-refractivity contribution >= 4 is 17.5 Å². The summed E-state index contributed by atoms with van der Waals surface area (Å²) in [5, 5.41) is 0. The lowest BCUT2D eigenvalue weighted by atomic mass is 9.73. The van der Waals surface area contributed by atoms with Crippen molar-refractivity contribution in [3.05, 3.63) is 65.7 Å². The Balaban J connectivity index is 1.98. The summed E-state index contributed by atoms with van der Waals surface area (Å²) in [7, 11) is 3.66. The lowest BCUT2D eigenvalue weighted by molar-refractivity contribution is -0.132. The minimum Gasteiger partial charge on any atom is -0.343 e. The average Bonchev–Trinajstić information content (AvgIpc) is 2.89. The highest BCUT2D eigenvalue weighted by molar-refractivity contribution is 6.08. The van der Waals surface area contributed by atoms with Gasteiger partial charge in [-0.1, -0.05) is 48.5 Å². The van der Waals surface area contributed by atoms with Crippen LogP contribution in [0.4, 0.5) is 5.69 Å². The molecule has 4 heteroatoms. The van der Waals surface area contributed by atoms with E-state index in [-0.39, 0.29) is 17.9 Å². The molecule has 0 aliphatic carbocycles. The van der Waals surface area contributed by atoms with E-state index < -0.39 is 5.41 Å². The van der Waals surface area contributed by atoms with Gasteiger partial charge >= 0.3 is 0 Å². The minimum absolute atomic E-state index is 0.0764. The first-order valence-electron chi connectivity index (χ1n) is 9.54. The van der Waals surface area contributed by atoms with Crippen LogP contribution in [0.25, 0.3) is 0 Å². The molecule has 2 aromatic rings. The third-order valence-corrected chi connectivity index (χ3v) is 5.78. The molecule has 0 N–H and O–H groups in total. The Morgan fingerprint density at radius 1 is 1.07 bits per heavy atom. The monoisotopic (exact) mass is 364 g/mol. The smallest absolute Gasteiger partial charge is 0.237 e. The Morgan fingerprint density at radius 3 is 2.37 bits per heavy atom. The Morgan fingerprint density at radius 2 is 1.70 bits per heavy atom. The van der Waals surface area contributed by atoms with Crippen LogP contribution in [0.1, 0.15) is 37.8 Å². The summed E-state index contributed by atoms with van der Waals surface area (Å²) in [6, 6.07) is 18.2. The largest absolute Gasteiger partial charge is 0.343 e. The number of fused-ring (bicyclic) bond motifs is 1. The predicted octanol–water partition coefficient (Wildman–Crippen LogP) is 3.79. The summed E-state index contributed by atoms with van der Waals surface area (Å²) in [6.07, 6.45) is 1.47. The van der Waals surface area contributed by atoms with Crippen LogP contribution < -0.4 is 4.90 Å². The third kappa shape index (κ3) is 3.48. The number of anilines is 1. The SMILES string of the molecule is CC(C)N(C)C(=O)CC[C@@]1(Cc2ccccc2)C(=O)N(C)c2ccccc21. The van der Waals surface area contributed by atoms with Gasteiger partial charge in [0.15, 0.2) is 0 Å². The van der Waals surface area contributed by atoms with Crippen LogP contribution in [-0.2, 0) is 21.4 Å². The number of para-hydroxylation sites is 1. The van der Waals surface area contributed by atoms with E-state index >= 15 is 0 Å². The fraction of sp³-hybridized carbons (Fsp3) is 0.391. The van der Waals surface area contributed by atoms with Gasteiger partial charge in [0.2, 0.25) is 11.8 Å². The molecule has 1 heterocycles. The maximum absolute atomic E-state index is 13.4. The summed E-state index contributed by atoms with van der Waals surface area (Å²) in [5.41, 5.74) is 2.39. The molecule has 0 fully saturated rings. The summed E-state index contributed by atoms with van der Waals surface area (Å²) >= 11 is 0. The fourth-order valence-electron chi connectivity index (χ4n) is 3.95. The summed E-state index contributed by atoms with van der Waals surface area (Å²) in [4.78, 5) is 29.5. The molecular formula is C23H28N2O2. The predicted molar refractivity (Wildman–Crippen MR) is 109 cm³/mol. The molecule has 0 bridgehead atoms. The summed E-state index contributed by atoms with van der Waals surface area (Å²) < 4.78 is 0. The zero-order valence-electron chi connectivity index (χ0n) is 16.6. The molecule has 0 spiro atoms. The number of hydrogen-bond acceptors (Lipinski definition) is 2. The van der Waals surface area contributed by atoms with Gasteiger partial charge in [0.05, 0.1) is 5.41 Å². The molecular weight excluding hydrogens is 336 g/mol. The lowest BCUT2D eigenvalue weighted by Crippen LogP contribution is -2.42. The Hall–Kier alpha value is -2.62. The van der Waals surface area contributed by atoms with Crippen molar-refractivity contribution in [2.75, 3.05) is 19.0 Å². The van der Waals surface area contributed by atoms with Crippen molar-refractivity contribution < 1.29 is 9.59 Å². The molecule has 0 aromatic heterocycles. The van der Waals surface area contributed by atoms with E-state index in [0.29, 0.717) is 19.3 Å². The van der Waals surface area contributed by atoms with E-state index in [4.69, 9.17) is 0 Å². The van der Waals surface area contributed by atoms with Crippen LogP contribution in [-0.4, -0.2) is 36.9 Å². The van der Waals surface area contributed by atoms with Crippen molar-refractivity contribution in [1.29, 1.82) is 0 Å². The van der Waals surface area contributed by atoms with Gasteiger partial charge in [0.25, 0.3) is 0 Å². The van der Waals surface area contributed by atoms with Crippen LogP contribution in [0.5, 0.6) is 0 Å². The van der Waals surface area contributed by atoms with E-state index in [1.165, 1.54) is 0 Å². The van der Waals surface area contributed by atoms with E-state index in [2.05, 4.69) is 12.1 Å². The number of benzene rings is 2. The standard InChI is InChI=1S/C23H28N2O2/c1-17(2)24(3)21(26)14-15-23(16-18-10-6-5-7-11-18)19-12-8-9-13-20(19)25(4)22(23)27/h5-13,17H,14-16H2,1-4H3/t23-/m0/s1. The summed E-state index contributed by atoms with van der Waals surface area (Å²) in [6.45, 7) is 4.00. The van der Waals surface area contributed by atoms with Crippen LogP contribution in [0.2, 0.25) is 0 Å². The quantitative estimate of drug-likeness (QED) is 0.782. The van der Waals surface area contributed by atoms with Crippen molar-refractivity contribution in [3.8, 4) is 0 Å². The molecule has 1 aliphatic rings. The highest BCUT2D eigenvalue weighted by atomic mass is 16.2. The van der Waals surface area contributed by atoms with Gasteiger partial charge in [-0.05, 0) is 43.9 Å². The minimum atomic E-state index is -0.694. The molecule has 0 saturated heterocycles. The molecule has 27 heavy (non-hydrogen) atoms. The normalized spacial score (nSPS) is 18.7. The molecule has 4 nitrogen and oxygen atoms in total. The van der Waals surface area contributed by atoms with Gasteiger partial charge < -0.3 is 9.80 Å². The molecule has 1 aliphatic heterocycles. The molecule has 2 aromatic carbocycles. The molecule has 2 amide bonds. The molecule has 3 rings (SSSR count). The van der Waals surface area contributed by atoms with Crippen LogP contribution in [0, 0.1) is 0 Å². The van der Waals surface area contributed by atoms with Gasteiger partial charge in [-0.15, -0.1) is 0 Å². The first-order chi connectivity index (χ1) is 12.9. The van der Waals surface area contributed by atoms with E-state index in [9.17, 15) is 9.59 Å². The van der Waals surface area contributed by atoms with Gasteiger partial charge in [-0.3, -0.25) is 9.59 Å². The van der Waals surface area contributed by atoms with Gasteiger partial charge in [-0.25, -0.2) is 0 Å². The summed E-state index contributed by atoms with van der Waals surface area (Å²) in [5.74, 6) is 0.157. The highest BCUT2D eigenvalue weighted by Crippen LogP contribution is 2.46. The third-order valence-electron chi connectivity index (χ3n) is 5.78. The Bertz CT molecular complexity index is 831.